The summed E-state index contributed by atoms with van der Waals surface area (Å²) < 4.78 is 0. The summed E-state index contributed by atoms with van der Waals surface area (Å²) in [5.74, 6) is -0.391. The molecule has 0 unspecified atom stereocenters. The lowest BCUT2D eigenvalue weighted by Gasteiger charge is -2.05. The van der Waals surface area contributed by atoms with Crippen LogP contribution in [0.5, 0.6) is 0 Å². The van der Waals surface area contributed by atoms with Crippen LogP contribution in [0.15, 0.2) is 53.6 Å². The highest BCUT2D eigenvalue weighted by molar-refractivity contribution is 6.45. The molecule has 0 radical (unpaired) electrons. The van der Waals surface area contributed by atoms with Gasteiger partial charge in [-0.05, 0) is 35.4 Å². The lowest BCUT2D eigenvalue weighted by atomic mass is 10.0. The number of benzene rings is 2. The van der Waals surface area contributed by atoms with Crippen LogP contribution in [0, 0.1) is 28.1 Å². The van der Waals surface area contributed by atoms with E-state index in [1.807, 2.05) is 30.3 Å². The van der Waals surface area contributed by atoms with Crippen LogP contribution in [0.1, 0.15) is 5.56 Å². The Kier molecular flexibility index (Phi) is 4.49. The molecule has 0 atom stereocenters. The maximum absolute atomic E-state index is 8.80. The van der Waals surface area contributed by atoms with Crippen molar-refractivity contribution < 1.29 is 0 Å². The Morgan fingerprint density at radius 1 is 1.09 bits per heavy atom. The zero-order chi connectivity index (χ0) is 15.9. The SMILES string of the molecule is N#C/C(=N\Nc1cccc(-c2ccc(C#N)cc2)c1)C(=N)N. The monoisotopic (exact) mass is 288 g/mol. The van der Waals surface area contributed by atoms with Crippen LogP contribution >= 0.6 is 0 Å². The average molecular weight is 288 g/mol. The van der Waals surface area contributed by atoms with E-state index in [-0.39, 0.29) is 5.71 Å². The van der Waals surface area contributed by atoms with Crippen molar-refractivity contribution in [3.05, 3.63) is 54.1 Å². The average Bonchev–Trinajstić information content (AvgIpc) is 2.55. The number of nitriles is 2. The summed E-state index contributed by atoms with van der Waals surface area (Å²) in [5, 5.41) is 28.6. The largest absolute Gasteiger partial charge is 0.382 e. The number of anilines is 1. The smallest absolute Gasteiger partial charge is 0.201 e. The highest BCUT2D eigenvalue weighted by Crippen LogP contribution is 2.23. The standard InChI is InChI=1S/C16H12N6/c17-9-11-4-6-12(7-5-11)13-2-1-3-14(8-13)21-22-15(10-18)16(19)20/h1-8,21H,(H3,19,20)/b22-15+. The van der Waals surface area contributed by atoms with Gasteiger partial charge >= 0.3 is 0 Å². The van der Waals surface area contributed by atoms with Crippen molar-refractivity contribution in [3.8, 4) is 23.3 Å². The van der Waals surface area contributed by atoms with Gasteiger partial charge in [0.05, 0.1) is 17.3 Å². The van der Waals surface area contributed by atoms with E-state index in [1.165, 1.54) is 0 Å². The number of rotatable bonds is 4. The second-order valence-electron chi connectivity index (χ2n) is 4.37. The van der Waals surface area contributed by atoms with Crippen LogP contribution < -0.4 is 11.2 Å². The molecule has 0 fully saturated rings. The molecule has 0 saturated heterocycles. The molecule has 106 valence electrons. The third-order valence-corrected chi connectivity index (χ3v) is 2.87. The number of nitrogens with two attached hydrogens (primary N) is 1. The van der Waals surface area contributed by atoms with E-state index in [9.17, 15) is 0 Å². The Balaban J connectivity index is 2.25. The Bertz CT molecular complexity index is 806. The number of nitrogens with zero attached hydrogens (tertiary/aromatic N) is 3. The molecule has 6 heteroatoms. The first-order valence-electron chi connectivity index (χ1n) is 6.33. The highest BCUT2D eigenvalue weighted by Gasteiger charge is 2.02. The minimum Gasteiger partial charge on any atom is -0.382 e. The molecule has 0 aliphatic carbocycles. The molecule has 0 spiro atoms. The first kappa shape index (κ1) is 14.8. The van der Waals surface area contributed by atoms with Crippen LogP contribution in [0.4, 0.5) is 5.69 Å². The first-order chi connectivity index (χ1) is 10.6. The van der Waals surface area contributed by atoms with Gasteiger partial charge in [0.15, 0.2) is 5.84 Å². The van der Waals surface area contributed by atoms with Crippen LogP contribution in [0.25, 0.3) is 11.1 Å². The second kappa shape index (κ2) is 6.69. The second-order valence-corrected chi connectivity index (χ2v) is 4.37. The van der Waals surface area contributed by atoms with Gasteiger partial charge in [-0.2, -0.15) is 15.6 Å². The van der Waals surface area contributed by atoms with Crippen molar-refractivity contribution in [2.24, 2.45) is 10.8 Å². The summed E-state index contributed by atoms with van der Waals surface area (Å²) in [5.41, 5.74) is 10.9. The third-order valence-electron chi connectivity index (χ3n) is 2.87. The number of hydrogen-bond donors (Lipinski definition) is 3. The predicted molar refractivity (Wildman–Crippen MR) is 85.2 cm³/mol. The quantitative estimate of drug-likeness (QED) is 0.454. The summed E-state index contributed by atoms with van der Waals surface area (Å²) in [6, 6.07) is 18.4. The maximum Gasteiger partial charge on any atom is 0.201 e. The Hall–Kier alpha value is -3.64. The summed E-state index contributed by atoms with van der Waals surface area (Å²) >= 11 is 0. The van der Waals surface area contributed by atoms with Gasteiger partial charge in [-0.15, -0.1) is 0 Å². The van der Waals surface area contributed by atoms with Crippen molar-refractivity contribution >= 4 is 17.2 Å². The molecular weight excluding hydrogens is 276 g/mol. The van der Waals surface area contributed by atoms with Gasteiger partial charge in [-0.25, -0.2) is 0 Å². The molecular formula is C16H12N6. The molecule has 22 heavy (non-hydrogen) atoms. The van der Waals surface area contributed by atoms with Gasteiger partial charge < -0.3 is 5.73 Å². The Morgan fingerprint density at radius 2 is 1.82 bits per heavy atom. The number of hydrogen-bond acceptors (Lipinski definition) is 5. The molecule has 2 rings (SSSR count). The van der Waals surface area contributed by atoms with Crippen molar-refractivity contribution in [2.75, 3.05) is 5.43 Å². The number of amidine groups is 1. The molecule has 0 heterocycles. The molecule has 4 N–H and O–H groups in total. The molecule has 0 aliphatic rings. The van der Waals surface area contributed by atoms with Crippen LogP contribution in [0.3, 0.4) is 0 Å². The van der Waals surface area contributed by atoms with E-state index in [1.54, 1.807) is 24.3 Å². The van der Waals surface area contributed by atoms with Crippen LogP contribution in [-0.4, -0.2) is 11.5 Å². The summed E-state index contributed by atoms with van der Waals surface area (Å²) in [6.45, 7) is 0. The fourth-order valence-corrected chi connectivity index (χ4v) is 1.77. The highest BCUT2D eigenvalue weighted by atomic mass is 15.3. The Labute approximate surface area is 127 Å². The first-order valence-corrected chi connectivity index (χ1v) is 6.33. The van der Waals surface area contributed by atoms with Gasteiger partial charge in [-0.1, -0.05) is 24.3 Å². The topological polar surface area (TPSA) is 122 Å². The van der Waals surface area contributed by atoms with Crippen molar-refractivity contribution in [1.29, 1.82) is 15.9 Å². The van der Waals surface area contributed by atoms with Gasteiger partial charge in [0.2, 0.25) is 5.71 Å². The van der Waals surface area contributed by atoms with Gasteiger partial charge in [0.25, 0.3) is 0 Å². The summed E-state index contributed by atoms with van der Waals surface area (Å²) in [7, 11) is 0. The van der Waals surface area contributed by atoms with E-state index in [0.29, 0.717) is 11.3 Å². The fraction of sp³-hybridized carbons (Fsp3) is 0. The van der Waals surface area contributed by atoms with E-state index in [4.69, 9.17) is 21.7 Å². The lowest BCUT2D eigenvalue weighted by Crippen LogP contribution is -2.21. The van der Waals surface area contributed by atoms with E-state index in [0.717, 1.165) is 11.1 Å². The normalized spacial score (nSPS) is 10.4. The van der Waals surface area contributed by atoms with Crippen molar-refractivity contribution in [1.82, 2.24) is 0 Å². The minimum atomic E-state index is -0.391. The Morgan fingerprint density at radius 3 is 2.41 bits per heavy atom. The summed E-state index contributed by atoms with van der Waals surface area (Å²) in [4.78, 5) is 0. The lowest BCUT2D eigenvalue weighted by molar-refractivity contribution is 1.33. The maximum atomic E-state index is 8.80. The van der Waals surface area contributed by atoms with E-state index in [2.05, 4.69) is 16.6 Å². The van der Waals surface area contributed by atoms with E-state index >= 15 is 0 Å². The zero-order valence-electron chi connectivity index (χ0n) is 11.5. The molecule has 0 bridgehead atoms. The van der Waals surface area contributed by atoms with Crippen LogP contribution in [-0.2, 0) is 0 Å². The molecule has 0 aliphatic heterocycles. The number of hydrazone groups is 1. The van der Waals surface area contributed by atoms with Crippen molar-refractivity contribution in [3.63, 3.8) is 0 Å². The van der Waals surface area contributed by atoms with Crippen molar-refractivity contribution in [2.45, 2.75) is 0 Å². The predicted octanol–water partition coefficient (Wildman–Crippen LogP) is 2.45. The number of nitrogens with one attached hydrogen (secondary N) is 2. The zero-order valence-corrected chi connectivity index (χ0v) is 11.5. The molecule has 2 aromatic rings. The fourth-order valence-electron chi connectivity index (χ4n) is 1.77. The molecule has 0 amide bonds. The third kappa shape index (κ3) is 3.47. The molecule has 2 aromatic carbocycles. The van der Waals surface area contributed by atoms with Gasteiger partial charge in [0.1, 0.15) is 6.07 Å². The molecule has 0 saturated carbocycles. The minimum absolute atomic E-state index is 0.177. The van der Waals surface area contributed by atoms with E-state index < -0.39 is 5.84 Å². The molecule has 0 aromatic heterocycles. The molecule has 6 nitrogen and oxygen atoms in total. The van der Waals surface area contributed by atoms with Gasteiger partial charge in [0, 0.05) is 0 Å². The van der Waals surface area contributed by atoms with Gasteiger partial charge in [-0.3, -0.25) is 10.8 Å². The summed E-state index contributed by atoms with van der Waals surface area (Å²) in [6.07, 6.45) is 0. The van der Waals surface area contributed by atoms with Crippen LogP contribution in [0.2, 0.25) is 0 Å².